The molecule has 3 aliphatic rings. The molecule has 2 N–H and O–H groups in total. The maximum absolute atomic E-state index is 12.2. The Morgan fingerprint density at radius 1 is 1.33 bits per heavy atom. The molecule has 146 valence electrons. The Kier molecular flexibility index (Phi) is 4.82. The molecule has 1 saturated carbocycles. The molecule has 0 aromatic heterocycles. The van der Waals surface area contributed by atoms with E-state index in [1.165, 1.54) is 0 Å². The maximum Gasteiger partial charge on any atom is 0.311 e. The van der Waals surface area contributed by atoms with Gasteiger partial charge in [-0.25, -0.2) is 0 Å². The molecule has 0 bridgehead atoms. The molecule has 4 rings (SSSR count). The molecular formula is C19H24N2O6. The molecule has 0 spiro atoms. The number of fused-ring (bicyclic) bond motifs is 2. The largest absolute Gasteiger partial charge is 0.492 e. The van der Waals surface area contributed by atoms with Gasteiger partial charge in [-0.3, -0.25) is 14.5 Å². The van der Waals surface area contributed by atoms with Crippen molar-refractivity contribution < 1.29 is 28.9 Å². The van der Waals surface area contributed by atoms with Crippen molar-refractivity contribution in [3.05, 3.63) is 18.2 Å². The number of carboxylic acids is 1. The Bertz CT molecular complexity index is 739. The van der Waals surface area contributed by atoms with Gasteiger partial charge < -0.3 is 24.6 Å². The molecule has 27 heavy (non-hydrogen) atoms. The molecule has 8 heteroatoms. The van der Waals surface area contributed by atoms with E-state index in [-0.39, 0.29) is 25.2 Å². The molecule has 1 aromatic rings. The number of rotatable bonds is 7. The Hall–Kier alpha value is -2.48. The molecule has 2 aliphatic heterocycles. The number of nitrogens with zero attached hydrogens (tertiary/aromatic N) is 1. The highest BCUT2D eigenvalue weighted by molar-refractivity contribution is 5.79. The number of carboxylic acid groups (broad SMARTS) is 1. The highest BCUT2D eigenvalue weighted by Gasteiger charge is 2.54. The summed E-state index contributed by atoms with van der Waals surface area (Å²) < 4.78 is 16.2. The second kappa shape index (κ2) is 7.26. The van der Waals surface area contributed by atoms with Crippen LogP contribution < -0.4 is 19.5 Å². The number of amides is 1. The third-order valence-electron chi connectivity index (χ3n) is 5.77. The van der Waals surface area contributed by atoms with E-state index in [0.29, 0.717) is 49.9 Å². The van der Waals surface area contributed by atoms with E-state index in [4.69, 9.17) is 14.2 Å². The van der Waals surface area contributed by atoms with Crippen LogP contribution in [0.15, 0.2) is 18.2 Å². The van der Waals surface area contributed by atoms with E-state index >= 15 is 0 Å². The van der Waals surface area contributed by atoms with Gasteiger partial charge in [-0.1, -0.05) is 6.42 Å². The topological polar surface area (TPSA) is 97.3 Å². The lowest BCUT2D eigenvalue weighted by molar-refractivity contribution is -0.149. The molecule has 2 heterocycles. The molecule has 1 aromatic carbocycles. The van der Waals surface area contributed by atoms with Gasteiger partial charge in [-0.2, -0.15) is 0 Å². The van der Waals surface area contributed by atoms with Crippen molar-refractivity contribution in [3.63, 3.8) is 0 Å². The smallest absolute Gasteiger partial charge is 0.311 e. The number of benzene rings is 1. The minimum Gasteiger partial charge on any atom is -0.492 e. The minimum absolute atomic E-state index is 0.107. The predicted molar refractivity (Wildman–Crippen MR) is 94.9 cm³/mol. The zero-order valence-electron chi connectivity index (χ0n) is 15.1. The lowest BCUT2D eigenvalue weighted by atomic mass is 9.81. The quantitative estimate of drug-likeness (QED) is 0.688. The minimum atomic E-state index is -0.718. The maximum atomic E-state index is 12.2. The van der Waals surface area contributed by atoms with E-state index in [9.17, 15) is 14.7 Å². The third-order valence-corrected chi connectivity index (χ3v) is 5.77. The molecule has 0 radical (unpaired) electrons. The fraction of sp³-hybridized carbons (Fsp3) is 0.579. The molecule has 0 unspecified atom stereocenters. The second-order valence-corrected chi connectivity index (χ2v) is 7.43. The lowest BCUT2D eigenvalue weighted by Crippen LogP contribution is -2.40. The Morgan fingerprint density at radius 2 is 2.19 bits per heavy atom. The van der Waals surface area contributed by atoms with Crippen molar-refractivity contribution in [1.82, 2.24) is 10.2 Å². The SMILES string of the molecule is O=C(CN1C[C@@H]2CCC[C@@]2(C(=O)O)C1)NCCOc1ccc2c(c1)OCO2. The van der Waals surface area contributed by atoms with Crippen molar-refractivity contribution in [1.29, 1.82) is 0 Å². The highest BCUT2D eigenvalue weighted by Crippen LogP contribution is 2.48. The normalized spacial score (nSPS) is 26.0. The highest BCUT2D eigenvalue weighted by atomic mass is 16.7. The van der Waals surface area contributed by atoms with Crippen LogP contribution in [0.2, 0.25) is 0 Å². The predicted octanol–water partition coefficient (Wildman–Crippen LogP) is 1.10. The van der Waals surface area contributed by atoms with Crippen LogP contribution in [0.25, 0.3) is 0 Å². The molecule has 2 fully saturated rings. The third kappa shape index (κ3) is 3.53. The van der Waals surface area contributed by atoms with Crippen LogP contribution in [0.3, 0.4) is 0 Å². The zero-order chi connectivity index (χ0) is 18.9. The monoisotopic (exact) mass is 376 g/mol. The summed E-state index contributed by atoms with van der Waals surface area (Å²) in [6.45, 7) is 2.33. The number of aliphatic carboxylic acids is 1. The fourth-order valence-electron chi connectivity index (χ4n) is 4.45. The first-order valence-corrected chi connectivity index (χ1v) is 9.32. The van der Waals surface area contributed by atoms with Crippen molar-refractivity contribution in [2.75, 3.05) is 39.6 Å². The van der Waals surface area contributed by atoms with Gasteiger partial charge in [-0.05, 0) is 30.9 Å². The van der Waals surface area contributed by atoms with Crippen LogP contribution in [0.5, 0.6) is 17.2 Å². The van der Waals surface area contributed by atoms with Gasteiger partial charge in [0, 0.05) is 19.2 Å². The van der Waals surface area contributed by atoms with Crippen LogP contribution in [0.1, 0.15) is 19.3 Å². The van der Waals surface area contributed by atoms with Crippen LogP contribution in [-0.2, 0) is 9.59 Å². The number of hydrogen-bond acceptors (Lipinski definition) is 6. The summed E-state index contributed by atoms with van der Waals surface area (Å²) in [7, 11) is 0. The molecule has 8 nitrogen and oxygen atoms in total. The van der Waals surface area contributed by atoms with E-state index < -0.39 is 11.4 Å². The van der Waals surface area contributed by atoms with Gasteiger partial charge in [0.2, 0.25) is 12.7 Å². The first-order valence-electron chi connectivity index (χ1n) is 9.32. The van der Waals surface area contributed by atoms with Gasteiger partial charge >= 0.3 is 5.97 Å². The first kappa shape index (κ1) is 17.9. The van der Waals surface area contributed by atoms with Crippen molar-refractivity contribution >= 4 is 11.9 Å². The average molecular weight is 376 g/mol. The first-order chi connectivity index (χ1) is 13.1. The van der Waals surface area contributed by atoms with Crippen LogP contribution in [0.4, 0.5) is 0 Å². The van der Waals surface area contributed by atoms with Crippen LogP contribution >= 0.6 is 0 Å². The summed E-state index contributed by atoms with van der Waals surface area (Å²) in [4.78, 5) is 25.8. The average Bonchev–Trinajstić information content (AvgIpc) is 3.32. The van der Waals surface area contributed by atoms with E-state index in [1.807, 2.05) is 4.90 Å². The van der Waals surface area contributed by atoms with Crippen LogP contribution in [0, 0.1) is 11.3 Å². The number of ether oxygens (including phenoxy) is 3. The molecule has 1 aliphatic carbocycles. The Balaban J connectivity index is 1.19. The van der Waals surface area contributed by atoms with Gasteiger partial charge in [0.15, 0.2) is 11.5 Å². The standard InChI is InChI=1S/C19H24N2O6/c22-17(10-21-9-13-2-1-5-19(13,11-21)18(23)24)20-6-7-25-14-3-4-15-16(8-14)27-12-26-15/h3-4,8,13H,1-2,5-7,9-12H2,(H,20,22)(H,23,24)/t13-,19+/m0/s1. The molecule has 1 amide bonds. The Labute approximate surface area is 157 Å². The fourth-order valence-corrected chi connectivity index (χ4v) is 4.45. The summed E-state index contributed by atoms with van der Waals surface area (Å²) in [6, 6.07) is 5.35. The van der Waals surface area contributed by atoms with Gasteiger partial charge in [0.1, 0.15) is 12.4 Å². The zero-order valence-corrected chi connectivity index (χ0v) is 15.1. The van der Waals surface area contributed by atoms with Crippen LogP contribution in [-0.4, -0.2) is 61.5 Å². The number of nitrogens with one attached hydrogen (secondary N) is 1. The van der Waals surface area contributed by atoms with E-state index in [2.05, 4.69) is 5.32 Å². The summed E-state index contributed by atoms with van der Waals surface area (Å²) in [5.41, 5.74) is -0.650. The summed E-state index contributed by atoms with van der Waals surface area (Å²) in [5, 5.41) is 12.4. The van der Waals surface area contributed by atoms with Crippen molar-refractivity contribution in [3.8, 4) is 17.2 Å². The van der Waals surface area contributed by atoms with E-state index in [1.54, 1.807) is 18.2 Å². The summed E-state index contributed by atoms with van der Waals surface area (Å²) in [5.74, 6) is 1.35. The molecule has 1 saturated heterocycles. The van der Waals surface area contributed by atoms with Gasteiger partial charge in [-0.15, -0.1) is 0 Å². The lowest BCUT2D eigenvalue weighted by Gasteiger charge is -2.23. The number of carbonyl (C=O) groups excluding carboxylic acids is 1. The molecule has 2 atom stereocenters. The second-order valence-electron chi connectivity index (χ2n) is 7.43. The van der Waals surface area contributed by atoms with Gasteiger partial charge in [0.05, 0.1) is 18.5 Å². The van der Waals surface area contributed by atoms with Crippen molar-refractivity contribution in [2.45, 2.75) is 19.3 Å². The summed E-state index contributed by atoms with van der Waals surface area (Å²) in [6.07, 6.45) is 2.62. The number of hydrogen-bond donors (Lipinski definition) is 2. The molecular weight excluding hydrogens is 352 g/mol. The summed E-state index contributed by atoms with van der Waals surface area (Å²) >= 11 is 0. The van der Waals surface area contributed by atoms with E-state index in [0.717, 1.165) is 12.8 Å². The Morgan fingerprint density at radius 3 is 3.00 bits per heavy atom. The number of likely N-dealkylation sites (tertiary alicyclic amines) is 1. The number of carbonyl (C=O) groups is 2. The van der Waals surface area contributed by atoms with Crippen molar-refractivity contribution in [2.24, 2.45) is 11.3 Å². The van der Waals surface area contributed by atoms with Gasteiger partial charge in [0.25, 0.3) is 0 Å².